The smallest absolute Gasteiger partial charge is 0.403 e. The van der Waals surface area contributed by atoms with Gasteiger partial charge < -0.3 is 19.5 Å². The molecule has 2 aliphatic rings. The molecule has 16 heteroatoms. The van der Waals surface area contributed by atoms with Gasteiger partial charge in [-0.2, -0.15) is 0 Å². The van der Waals surface area contributed by atoms with Crippen LogP contribution in [0.1, 0.15) is 11.1 Å². The van der Waals surface area contributed by atoms with E-state index in [4.69, 9.17) is 54.1 Å². The zero-order valence-corrected chi connectivity index (χ0v) is 18.7. The van der Waals surface area contributed by atoms with Crippen molar-refractivity contribution in [2.24, 2.45) is 0 Å². The van der Waals surface area contributed by atoms with Gasteiger partial charge in [0.05, 0.1) is 12.0 Å². The normalized spacial score (nSPS) is 33.9. The second-order valence-electron chi connectivity index (χ2n) is 7.63. The Hall–Kier alpha value is -1.73. The quantitative estimate of drug-likeness (QED) is 0.311. The van der Waals surface area contributed by atoms with Crippen LogP contribution in [-0.2, 0) is 30.6 Å². The van der Waals surface area contributed by atoms with Crippen molar-refractivity contribution in [2.75, 3.05) is 0 Å². The summed E-state index contributed by atoms with van der Waals surface area (Å²) in [7, 11) is 12.7. The standard InChI is InChI=1S/C17H15B3FN2O8PS/c1-8-3-2-4-9-7-28-32(27,29-11(8)9)31-17(19,20)15(21)12(24)13(25)16(18,30-15)23-6-5-10(33)22-14(23)26/h2-6,12-13,24-25H,7H2,1H3,(H,22,26,33)/t12-,13+,15-,16-,32?/m0/s1. The van der Waals surface area contributed by atoms with Crippen LogP contribution in [-0.4, -0.2) is 66.8 Å². The highest BCUT2D eigenvalue weighted by molar-refractivity contribution is 7.71. The molecule has 2 aliphatic heterocycles. The number of hydrogen-bond donors (Lipinski definition) is 3. The van der Waals surface area contributed by atoms with E-state index in [-0.39, 0.29) is 17.0 Å². The number of nitrogens with one attached hydrogen (secondary N) is 1. The van der Waals surface area contributed by atoms with Crippen LogP contribution in [0.2, 0.25) is 0 Å². The summed E-state index contributed by atoms with van der Waals surface area (Å²) in [6.07, 6.45) is -3.87. The Morgan fingerprint density at radius 2 is 2.06 bits per heavy atom. The van der Waals surface area contributed by atoms with Gasteiger partial charge in [0, 0.05) is 11.8 Å². The summed E-state index contributed by atoms with van der Waals surface area (Å²) in [5.74, 6) is -3.55. The van der Waals surface area contributed by atoms with E-state index < -0.39 is 42.6 Å². The maximum atomic E-state index is 16.0. The van der Waals surface area contributed by atoms with E-state index in [1.165, 1.54) is 6.07 Å². The summed E-state index contributed by atoms with van der Waals surface area (Å²) in [4.78, 5) is 14.4. The van der Waals surface area contributed by atoms with Crippen LogP contribution in [0.25, 0.3) is 0 Å². The van der Waals surface area contributed by atoms with Gasteiger partial charge in [-0.05, 0) is 18.6 Å². The Kier molecular flexibility index (Phi) is 5.85. The van der Waals surface area contributed by atoms with Crippen molar-refractivity contribution in [2.45, 2.75) is 42.6 Å². The molecule has 0 aliphatic carbocycles. The first kappa shape index (κ1) is 24.4. The molecule has 5 atom stereocenters. The van der Waals surface area contributed by atoms with E-state index in [0.717, 1.165) is 6.20 Å². The largest absolute Gasteiger partial charge is 0.529 e. The molecule has 3 N–H and O–H groups in total. The first-order valence-electron chi connectivity index (χ1n) is 9.40. The van der Waals surface area contributed by atoms with Crippen molar-refractivity contribution >= 4 is 43.6 Å². The second kappa shape index (κ2) is 7.91. The molecule has 1 fully saturated rings. The number of rotatable bonds is 4. The predicted octanol–water partition coefficient (Wildman–Crippen LogP) is 0.136. The Balaban J connectivity index is 1.67. The number of halogens is 1. The molecule has 33 heavy (non-hydrogen) atoms. The molecule has 6 radical (unpaired) electrons. The highest BCUT2D eigenvalue weighted by Crippen LogP contribution is 2.59. The lowest BCUT2D eigenvalue weighted by Gasteiger charge is -2.42. The van der Waals surface area contributed by atoms with Gasteiger partial charge in [-0.3, -0.25) is 18.6 Å². The molecule has 0 amide bonds. The average molecular weight is 490 g/mol. The average Bonchev–Trinajstić information content (AvgIpc) is 2.90. The van der Waals surface area contributed by atoms with Crippen LogP contribution in [0.15, 0.2) is 35.3 Å². The number of benzene rings is 1. The molecule has 2 aromatic rings. The van der Waals surface area contributed by atoms with Crippen molar-refractivity contribution in [3.05, 3.63) is 56.7 Å². The zero-order valence-electron chi connectivity index (χ0n) is 17.0. The maximum Gasteiger partial charge on any atom is 0.529 e. The van der Waals surface area contributed by atoms with Crippen LogP contribution in [0.3, 0.4) is 0 Å². The summed E-state index contributed by atoms with van der Waals surface area (Å²) in [5.41, 5.74) is -2.61. The van der Waals surface area contributed by atoms with E-state index in [1.807, 2.05) is 0 Å². The summed E-state index contributed by atoms with van der Waals surface area (Å²) in [6.45, 7) is 1.42. The van der Waals surface area contributed by atoms with E-state index in [2.05, 4.69) is 4.98 Å². The van der Waals surface area contributed by atoms with E-state index >= 15 is 4.39 Å². The highest BCUT2D eigenvalue weighted by atomic mass is 32.1. The molecule has 1 saturated heterocycles. The van der Waals surface area contributed by atoms with Crippen molar-refractivity contribution in [1.82, 2.24) is 9.55 Å². The van der Waals surface area contributed by atoms with Gasteiger partial charge in [0.25, 0.3) is 5.85 Å². The van der Waals surface area contributed by atoms with Crippen LogP contribution in [0.5, 0.6) is 5.75 Å². The maximum absolute atomic E-state index is 16.0. The molecule has 1 aromatic heterocycles. The van der Waals surface area contributed by atoms with Crippen molar-refractivity contribution in [1.29, 1.82) is 0 Å². The van der Waals surface area contributed by atoms with E-state index in [0.29, 0.717) is 15.7 Å². The number of nitrogens with zero attached hydrogens (tertiary/aromatic N) is 1. The Labute approximate surface area is 195 Å². The van der Waals surface area contributed by atoms with Crippen LogP contribution in [0.4, 0.5) is 4.39 Å². The number of aromatic amines is 1. The Morgan fingerprint density at radius 3 is 2.73 bits per heavy atom. The van der Waals surface area contributed by atoms with Gasteiger partial charge in [-0.25, -0.2) is 13.8 Å². The fourth-order valence-corrected chi connectivity index (χ4v) is 5.09. The number of hydrogen-bond acceptors (Lipinski definition) is 9. The van der Waals surface area contributed by atoms with E-state index in [1.54, 1.807) is 25.1 Å². The SMILES string of the molecule is [B]C([B])(OP1(=O)OCc2cccc(C)c2O1)[C@@]1(F)O[C@@]([B])(n2ccc(=S)[nH]c2=O)[C@H](O)[C@@H]1O. The minimum absolute atomic E-state index is 0.00925. The summed E-state index contributed by atoms with van der Waals surface area (Å²) >= 11 is 4.81. The minimum Gasteiger partial charge on any atom is -0.403 e. The monoisotopic (exact) mass is 490 g/mol. The van der Waals surface area contributed by atoms with Crippen LogP contribution < -0.4 is 10.2 Å². The lowest BCUT2D eigenvalue weighted by molar-refractivity contribution is -0.240. The lowest BCUT2D eigenvalue weighted by Crippen LogP contribution is -2.60. The molecule has 1 aromatic carbocycles. The van der Waals surface area contributed by atoms with E-state index in [9.17, 15) is 19.6 Å². The number of alkyl halides is 1. The zero-order chi connectivity index (χ0) is 24.4. The van der Waals surface area contributed by atoms with Crippen LogP contribution in [0, 0.1) is 11.6 Å². The minimum atomic E-state index is -4.66. The Morgan fingerprint density at radius 1 is 1.36 bits per heavy atom. The number of ether oxygens (including phenoxy) is 1. The van der Waals surface area contributed by atoms with Gasteiger partial charge in [-0.1, -0.05) is 30.4 Å². The van der Waals surface area contributed by atoms with Gasteiger partial charge in [0.15, 0.2) is 0 Å². The van der Waals surface area contributed by atoms with Gasteiger partial charge in [0.2, 0.25) is 0 Å². The predicted molar refractivity (Wildman–Crippen MR) is 116 cm³/mol. The lowest BCUT2D eigenvalue weighted by atomic mass is 9.59. The molecule has 4 rings (SSSR count). The molecule has 1 unspecified atom stereocenters. The molecule has 10 nitrogen and oxygen atoms in total. The number of fused-ring (bicyclic) bond motifs is 1. The van der Waals surface area contributed by atoms with Crippen molar-refractivity contribution in [3.63, 3.8) is 0 Å². The molecular weight excluding hydrogens is 475 g/mol. The van der Waals surface area contributed by atoms with Crippen molar-refractivity contribution < 1.29 is 37.5 Å². The summed E-state index contributed by atoms with van der Waals surface area (Å²) in [5, 5.41) is 17.6. The second-order valence-corrected chi connectivity index (χ2v) is 9.59. The first-order valence-corrected chi connectivity index (χ1v) is 11.3. The third-order valence-corrected chi connectivity index (χ3v) is 6.90. The van der Waals surface area contributed by atoms with Gasteiger partial charge >= 0.3 is 13.5 Å². The Bertz CT molecular complexity index is 1280. The van der Waals surface area contributed by atoms with Crippen molar-refractivity contribution in [3.8, 4) is 5.75 Å². The first-order chi connectivity index (χ1) is 15.2. The molecule has 0 bridgehead atoms. The van der Waals surface area contributed by atoms with Gasteiger partial charge in [-0.15, -0.1) is 0 Å². The highest BCUT2D eigenvalue weighted by Gasteiger charge is 2.69. The third-order valence-electron chi connectivity index (χ3n) is 5.29. The molecule has 168 valence electrons. The molecular formula is C17H15B3FN2O8PS. The molecule has 0 spiro atoms. The number of H-pyrrole nitrogens is 1. The van der Waals surface area contributed by atoms with Crippen LogP contribution >= 0.6 is 20.0 Å². The number of aliphatic hydroxyl groups excluding tert-OH is 2. The number of phosphoric acid groups is 1. The topological polar surface area (TPSA) is 132 Å². The fourth-order valence-electron chi connectivity index (χ4n) is 3.52. The fraction of sp³-hybridized carbons (Fsp3) is 0.412. The number of aliphatic hydroxyl groups is 2. The molecule has 0 saturated carbocycles. The van der Waals surface area contributed by atoms with Gasteiger partial charge in [0.1, 0.15) is 51.8 Å². The number of aryl methyl sites for hydroxylation is 1. The number of para-hydroxylation sites is 1. The molecule has 3 heterocycles. The number of aromatic nitrogens is 2. The third kappa shape index (κ3) is 3.85. The summed E-state index contributed by atoms with van der Waals surface area (Å²) in [6, 6.07) is 6.22. The summed E-state index contributed by atoms with van der Waals surface area (Å²) < 4.78 is 50.0. The number of phosphoric ester groups is 1.